The van der Waals surface area contributed by atoms with Crippen LogP contribution in [-0.4, -0.2) is 9.97 Å². The molecule has 0 aliphatic carbocycles. The molecule has 56 valence electrons. The highest BCUT2D eigenvalue weighted by atomic mass is 16.1. The first-order valence-electron chi connectivity index (χ1n) is 3.16. The van der Waals surface area contributed by atoms with E-state index in [4.69, 9.17) is 5.26 Å². The monoisotopic (exact) mass is 149 g/mol. The Labute approximate surface area is 63.5 Å². The maximum Gasteiger partial charge on any atom is 0.255 e. The molecule has 0 bridgehead atoms. The van der Waals surface area contributed by atoms with Crippen molar-refractivity contribution in [2.75, 3.05) is 0 Å². The van der Waals surface area contributed by atoms with Crippen LogP contribution in [0.2, 0.25) is 0 Å². The van der Waals surface area contributed by atoms with E-state index in [9.17, 15) is 4.79 Å². The molecule has 0 saturated heterocycles. The summed E-state index contributed by atoms with van der Waals surface area (Å²) in [5, 5.41) is 8.28. The predicted octanol–water partition coefficient (Wildman–Crippen LogP) is 0.144. The highest BCUT2D eigenvalue weighted by Crippen LogP contribution is 1.88. The average Bonchev–Trinajstić information content (AvgIpc) is 1.95. The molecule has 1 rings (SSSR count). The van der Waals surface area contributed by atoms with Crippen molar-refractivity contribution in [3.63, 3.8) is 0 Å². The quantitative estimate of drug-likeness (QED) is 0.617. The van der Waals surface area contributed by atoms with Crippen molar-refractivity contribution in [3.05, 3.63) is 27.9 Å². The van der Waals surface area contributed by atoms with Crippen LogP contribution >= 0.6 is 0 Å². The molecular weight excluding hydrogens is 142 g/mol. The van der Waals surface area contributed by atoms with Crippen LogP contribution in [0.3, 0.4) is 0 Å². The minimum absolute atomic E-state index is 0.114. The molecule has 11 heavy (non-hydrogen) atoms. The fraction of sp³-hybridized carbons (Fsp3) is 0.286. The normalized spacial score (nSPS) is 9.09. The molecule has 0 spiro atoms. The van der Waals surface area contributed by atoms with Gasteiger partial charge in [-0.05, 0) is 6.92 Å². The zero-order valence-corrected chi connectivity index (χ0v) is 6.09. The van der Waals surface area contributed by atoms with Crippen LogP contribution in [0.4, 0.5) is 0 Å². The second kappa shape index (κ2) is 2.97. The summed E-state index contributed by atoms with van der Waals surface area (Å²) in [6.07, 6.45) is 1.54. The van der Waals surface area contributed by atoms with Gasteiger partial charge in [0, 0.05) is 11.8 Å². The number of nitrogens with one attached hydrogen (secondary N) is 1. The van der Waals surface area contributed by atoms with E-state index in [1.54, 1.807) is 6.92 Å². The van der Waals surface area contributed by atoms with Crippen molar-refractivity contribution in [1.82, 2.24) is 9.97 Å². The van der Waals surface area contributed by atoms with E-state index in [1.165, 1.54) is 6.20 Å². The van der Waals surface area contributed by atoms with Crippen molar-refractivity contribution in [2.45, 2.75) is 13.3 Å². The maximum absolute atomic E-state index is 11.0. The number of rotatable bonds is 1. The van der Waals surface area contributed by atoms with Gasteiger partial charge in [0.05, 0.1) is 12.5 Å². The number of aromatic amines is 1. The fourth-order valence-electron chi connectivity index (χ4n) is 0.721. The van der Waals surface area contributed by atoms with Crippen molar-refractivity contribution in [3.8, 4) is 6.07 Å². The summed E-state index contributed by atoms with van der Waals surface area (Å²) < 4.78 is 0. The number of aryl methyl sites for hydroxylation is 1. The van der Waals surface area contributed by atoms with E-state index in [-0.39, 0.29) is 12.0 Å². The number of hydrogen-bond donors (Lipinski definition) is 1. The fourth-order valence-corrected chi connectivity index (χ4v) is 0.721. The summed E-state index contributed by atoms with van der Waals surface area (Å²) in [5.41, 5.74) is 0.192. The summed E-state index contributed by atoms with van der Waals surface area (Å²) >= 11 is 0. The van der Waals surface area contributed by atoms with Gasteiger partial charge in [0.25, 0.3) is 5.56 Å². The Bertz CT molecular complexity index is 347. The van der Waals surface area contributed by atoms with Crippen molar-refractivity contribution < 1.29 is 0 Å². The molecule has 0 amide bonds. The minimum atomic E-state index is -0.223. The van der Waals surface area contributed by atoms with Gasteiger partial charge in [-0.3, -0.25) is 4.79 Å². The van der Waals surface area contributed by atoms with Gasteiger partial charge in [0.15, 0.2) is 0 Å². The summed E-state index contributed by atoms with van der Waals surface area (Å²) in [6, 6.07) is 1.88. The summed E-state index contributed by atoms with van der Waals surface area (Å²) in [7, 11) is 0. The van der Waals surface area contributed by atoms with Crippen LogP contribution in [0, 0.1) is 18.3 Å². The molecule has 0 aromatic carbocycles. The van der Waals surface area contributed by atoms with E-state index in [0.717, 1.165) is 0 Å². The Kier molecular flexibility index (Phi) is 2.02. The largest absolute Gasteiger partial charge is 0.311 e. The number of hydrogen-bond acceptors (Lipinski definition) is 3. The van der Waals surface area contributed by atoms with E-state index in [0.29, 0.717) is 11.4 Å². The zero-order chi connectivity index (χ0) is 8.27. The molecule has 1 aromatic heterocycles. The Morgan fingerprint density at radius 1 is 1.82 bits per heavy atom. The van der Waals surface area contributed by atoms with E-state index in [1.807, 2.05) is 6.07 Å². The molecule has 1 N–H and O–H groups in total. The molecule has 1 aromatic rings. The van der Waals surface area contributed by atoms with Crippen molar-refractivity contribution in [1.29, 1.82) is 5.26 Å². The summed E-state index contributed by atoms with van der Waals surface area (Å²) in [6.45, 7) is 1.69. The van der Waals surface area contributed by atoms with E-state index >= 15 is 0 Å². The standard InChI is InChI=1S/C7H7N3O/c1-5-9-4-6(2-3-8)7(11)10-5/h4H,2H2,1H3,(H,9,10,11). The van der Waals surface area contributed by atoms with E-state index in [2.05, 4.69) is 9.97 Å². The molecule has 1 heterocycles. The average molecular weight is 149 g/mol. The molecule has 0 atom stereocenters. The van der Waals surface area contributed by atoms with Crippen LogP contribution in [0.5, 0.6) is 0 Å². The Balaban J connectivity index is 3.12. The molecule has 0 aliphatic heterocycles. The van der Waals surface area contributed by atoms with Gasteiger partial charge in [-0.15, -0.1) is 0 Å². The van der Waals surface area contributed by atoms with Gasteiger partial charge < -0.3 is 4.98 Å². The van der Waals surface area contributed by atoms with Crippen LogP contribution in [0.1, 0.15) is 11.4 Å². The molecule has 0 unspecified atom stereocenters. The van der Waals surface area contributed by atoms with Crippen LogP contribution < -0.4 is 5.56 Å². The van der Waals surface area contributed by atoms with E-state index < -0.39 is 0 Å². The first kappa shape index (κ1) is 7.48. The summed E-state index contributed by atoms with van der Waals surface area (Å²) in [5.74, 6) is 0.566. The number of nitriles is 1. The number of aromatic nitrogens is 2. The molecule has 0 aliphatic rings. The van der Waals surface area contributed by atoms with Gasteiger partial charge in [-0.25, -0.2) is 4.98 Å². The third kappa shape index (κ3) is 1.64. The second-order valence-corrected chi connectivity index (χ2v) is 2.16. The third-order valence-corrected chi connectivity index (χ3v) is 1.27. The lowest BCUT2D eigenvalue weighted by atomic mass is 10.2. The van der Waals surface area contributed by atoms with Crippen LogP contribution in [0.25, 0.3) is 0 Å². The van der Waals surface area contributed by atoms with Gasteiger partial charge in [-0.2, -0.15) is 5.26 Å². The lowest BCUT2D eigenvalue weighted by molar-refractivity contribution is 0.976. The summed E-state index contributed by atoms with van der Waals surface area (Å²) in [4.78, 5) is 17.3. The topological polar surface area (TPSA) is 69.5 Å². The van der Waals surface area contributed by atoms with Gasteiger partial charge in [0.2, 0.25) is 0 Å². The third-order valence-electron chi connectivity index (χ3n) is 1.27. The highest BCUT2D eigenvalue weighted by Gasteiger charge is 1.97. The molecular formula is C7H7N3O. The lowest BCUT2D eigenvalue weighted by Gasteiger charge is -1.92. The first-order chi connectivity index (χ1) is 5.24. The van der Waals surface area contributed by atoms with Crippen molar-refractivity contribution in [2.24, 2.45) is 0 Å². The predicted molar refractivity (Wildman–Crippen MR) is 38.9 cm³/mol. The van der Waals surface area contributed by atoms with Gasteiger partial charge in [-0.1, -0.05) is 0 Å². The number of nitrogens with zero attached hydrogens (tertiary/aromatic N) is 2. The maximum atomic E-state index is 11.0. The minimum Gasteiger partial charge on any atom is -0.311 e. The molecule has 4 nitrogen and oxygen atoms in total. The highest BCUT2D eigenvalue weighted by molar-refractivity contribution is 5.10. The Morgan fingerprint density at radius 2 is 2.55 bits per heavy atom. The second-order valence-electron chi connectivity index (χ2n) is 2.16. The van der Waals surface area contributed by atoms with Crippen LogP contribution in [0.15, 0.2) is 11.0 Å². The molecule has 0 saturated carbocycles. The van der Waals surface area contributed by atoms with Crippen LogP contribution in [-0.2, 0) is 6.42 Å². The number of H-pyrrole nitrogens is 1. The molecule has 0 radical (unpaired) electrons. The lowest BCUT2D eigenvalue weighted by Crippen LogP contribution is -2.13. The first-order valence-corrected chi connectivity index (χ1v) is 3.16. The molecule has 4 heteroatoms. The molecule has 0 fully saturated rings. The SMILES string of the molecule is Cc1ncc(CC#N)c(=O)[nH]1. The smallest absolute Gasteiger partial charge is 0.255 e. The van der Waals surface area contributed by atoms with Gasteiger partial charge >= 0.3 is 0 Å². The Morgan fingerprint density at radius 3 is 3.09 bits per heavy atom. The zero-order valence-electron chi connectivity index (χ0n) is 6.09. The van der Waals surface area contributed by atoms with Gasteiger partial charge in [0.1, 0.15) is 5.82 Å². The van der Waals surface area contributed by atoms with Crippen molar-refractivity contribution >= 4 is 0 Å². The Hall–Kier alpha value is -1.63.